The number of halogens is 1. The molecule has 3 amide bonds. The van der Waals surface area contributed by atoms with Gasteiger partial charge in [0.25, 0.3) is 0 Å². The number of likely N-dealkylation sites (tertiary alicyclic amines) is 1. The normalized spacial score (nSPS) is 22.5. The molecule has 9 heteroatoms. The second-order valence-corrected chi connectivity index (χ2v) is 10.7. The molecule has 2 saturated heterocycles. The molecule has 0 radical (unpaired) electrons. The van der Waals surface area contributed by atoms with Gasteiger partial charge in [-0.2, -0.15) is 0 Å². The second-order valence-electron chi connectivity index (χ2n) is 10.7. The Bertz CT molecular complexity index is 1160. The predicted molar refractivity (Wildman–Crippen MR) is 146 cm³/mol. The number of rotatable bonds is 9. The standard InChI is InChI=1S/C30H39FN4O4/c1-5-21(3)27-28-25(17-34(29(27)37)14-15-39-19-23-8-6-20(2)7-9-23)35(33(4)18-26(28)36)30(38)32-16-22-10-12-24(31)13-11-22/h6-13,21,25,27-28H,5,14-19H2,1-4H3,(H,32,38)/t21?,25-,27+,28?/m0/s1. The molecular weight excluding hydrogens is 499 g/mol. The highest BCUT2D eigenvalue weighted by Crippen LogP contribution is 2.38. The third kappa shape index (κ3) is 6.65. The minimum Gasteiger partial charge on any atom is -0.375 e. The Morgan fingerprint density at radius 1 is 1.10 bits per heavy atom. The van der Waals surface area contributed by atoms with Crippen LogP contribution in [0.5, 0.6) is 0 Å². The van der Waals surface area contributed by atoms with Gasteiger partial charge in [0.1, 0.15) is 5.82 Å². The van der Waals surface area contributed by atoms with Crippen LogP contribution in [0.2, 0.25) is 0 Å². The van der Waals surface area contributed by atoms with E-state index in [0.717, 1.165) is 17.5 Å². The summed E-state index contributed by atoms with van der Waals surface area (Å²) in [5, 5.41) is 6.14. The molecule has 0 saturated carbocycles. The number of carbonyl (C=O) groups excluding carboxylic acids is 3. The van der Waals surface area contributed by atoms with Gasteiger partial charge >= 0.3 is 6.03 Å². The minimum absolute atomic E-state index is 0.0148. The fourth-order valence-corrected chi connectivity index (χ4v) is 5.61. The van der Waals surface area contributed by atoms with Crippen molar-refractivity contribution in [3.05, 3.63) is 71.0 Å². The molecule has 0 aliphatic carbocycles. The van der Waals surface area contributed by atoms with E-state index >= 15 is 0 Å². The van der Waals surface area contributed by atoms with Crippen molar-refractivity contribution in [3.8, 4) is 0 Å². The summed E-state index contributed by atoms with van der Waals surface area (Å²) in [6.45, 7) is 7.77. The van der Waals surface area contributed by atoms with Gasteiger partial charge in [0.05, 0.1) is 37.6 Å². The Labute approximate surface area is 230 Å². The Hall–Kier alpha value is -3.30. The van der Waals surface area contributed by atoms with Gasteiger partial charge in [0.2, 0.25) is 5.91 Å². The number of nitrogens with zero attached hydrogens (tertiary/aromatic N) is 3. The topological polar surface area (TPSA) is 82.2 Å². The predicted octanol–water partition coefficient (Wildman–Crippen LogP) is 3.78. The number of hydrogen-bond donors (Lipinski definition) is 1. The summed E-state index contributed by atoms with van der Waals surface area (Å²) in [6.07, 6.45) is 0.747. The summed E-state index contributed by atoms with van der Waals surface area (Å²) in [7, 11) is 1.72. The van der Waals surface area contributed by atoms with Gasteiger partial charge in [0.15, 0.2) is 5.78 Å². The van der Waals surface area contributed by atoms with Gasteiger partial charge in [0, 0.05) is 26.7 Å². The molecule has 0 spiro atoms. The van der Waals surface area contributed by atoms with Gasteiger partial charge in [-0.1, -0.05) is 62.2 Å². The Kier molecular flexibility index (Phi) is 9.35. The summed E-state index contributed by atoms with van der Waals surface area (Å²) >= 11 is 0. The van der Waals surface area contributed by atoms with Gasteiger partial charge < -0.3 is 15.0 Å². The van der Waals surface area contributed by atoms with Crippen molar-refractivity contribution in [2.75, 3.05) is 33.3 Å². The SMILES string of the molecule is CCC(C)[C@H]1C(=O)N(CCOCc2ccc(C)cc2)C[C@H]2C1C(=O)CN(C)N2C(=O)NCc1ccc(F)cc1. The lowest BCUT2D eigenvalue weighted by Crippen LogP contribution is -2.71. The molecule has 2 heterocycles. The zero-order valence-corrected chi connectivity index (χ0v) is 23.2. The van der Waals surface area contributed by atoms with Crippen molar-refractivity contribution in [1.82, 2.24) is 20.2 Å². The van der Waals surface area contributed by atoms with Crippen molar-refractivity contribution < 1.29 is 23.5 Å². The first-order valence-corrected chi connectivity index (χ1v) is 13.7. The molecule has 2 aromatic rings. The smallest absolute Gasteiger partial charge is 0.332 e. The van der Waals surface area contributed by atoms with E-state index in [1.165, 1.54) is 17.7 Å². The number of aryl methyl sites for hydroxylation is 1. The number of carbonyl (C=O) groups is 3. The first kappa shape index (κ1) is 28.7. The molecule has 39 heavy (non-hydrogen) atoms. The van der Waals surface area contributed by atoms with Crippen LogP contribution in [-0.4, -0.2) is 72.0 Å². The van der Waals surface area contributed by atoms with Crippen molar-refractivity contribution >= 4 is 17.7 Å². The number of urea groups is 1. The average molecular weight is 539 g/mol. The molecule has 2 aliphatic heterocycles. The molecule has 2 aliphatic rings. The maximum atomic E-state index is 13.7. The summed E-state index contributed by atoms with van der Waals surface area (Å²) in [5.74, 6) is -1.48. The van der Waals surface area contributed by atoms with Crippen LogP contribution in [0.3, 0.4) is 0 Å². The Balaban J connectivity index is 1.48. The van der Waals surface area contributed by atoms with Gasteiger partial charge in [-0.3, -0.25) is 14.6 Å². The maximum absolute atomic E-state index is 13.7. The van der Waals surface area contributed by atoms with Crippen LogP contribution < -0.4 is 5.32 Å². The highest BCUT2D eigenvalue weighted by molar-refractivity contribution is 5.93. The summed E-state index contributed by atoms with van der Waals surface area (Å²) < 4.78 is 19.2. The zero-order chi connectivity index (χ0) is 28.1. The van der Waals surface area contributed by atoms with Crippen LogP contribution >= 0.6 is 0 Å². The lowest BCUT2D eigenvalue weighted by molar-refractivity contribution is -0.169. The first-order chi connectivity index (χ1) is 18.7. The van der Waals surface area contributed by atoms with Crippen molar-refractivity contribution in [3.63, 3.8) is 0 Å². The molecule has 210 valence electrons. The number of hydrazine groups is 1. The van der Waals surface area contributed by atoms with Crippen LogP contribution in [0.1, 0.15) is 37.0 Å². The van der Waals surface area contributed by atoms with E-state index < -0.39 is 17.9 Å². The summed E-state index contributed by atoms with van der Waals surface area (Å²) in [4.78, 5) is 42.2. The van der Waals surface area contributed by atoms with Gasteiger partial charge in [-0.15, -0.1) is 0 Å². The number of benzene rings is 2. The van der Waals surface area contributed by atoms with E-state index in [0.29, 0.717) is 19.8 Å². The lowest BCUT2D eigenvalue weighted by Gasteiger charge is -2.53. The highest BCUT2D eigenvalue weighted by atomic mass is 19.1. The van der Waals surface area contributed by atoms with Crippen molar-refractivity contribution in [2.45, 2.75) is 46.4 Å². The van der Waals surface area contributed by atoms with Crippen molar-refractivity contribution in [1.29, 1.82) is 0 Å². The van der Waals surface area contributed by atoms with Crippen LogP contribution in [0.15, 0.2) is 48.5 Å². The van der Waals surface area contributed by atoms with E-state index in [9.17, 15) is 18.8 Å². The van der Waals surface area contributed by atoms with E-state index in [4.69, 9.17) is 4.74 Å². The second kappa shape index (κ2) is 12.7. The molecule has 2 fully saturated rings. The third-order valence-corrected chi connectivity index (χ3v) is 7.96. The van der Waals surface area contributed by atoms with Crippen LogP contribution in [-0.2, 0) is 27.5 Å². The fraction of sp³-hybridized carbons (Fsp3) is 0.500. The quantitative estimate of drug-likeness (QED) is 0.492. The first-order valence-electron chi connectivity index (χ1n) is 13.7. The summed E-state index contributed by atoms with van der Waals surface area (Å²) in [6, 6.07) is 13.2. The molecular formula is C30H39FN4O4. The lowest BCUT2D eigenvalue weighted by atomic mass is 9.70. The number of ketones is 1. The maximum Gasteiger partial charge on any atom is 0.332 e. The van der Waals surface area contributed by atoms with E-state index in [-0.39, 0.29) is 49.1 Å². The number of piperidine rings is 1. The van der Waals surface area contributed by atoms with Crippen LogP contribution in [0.25, 0.3) is 0 Å². The van der Waals surface area contributed by atoms with E-state index in [1.807, 2.05) is 45.0 Å². The molecule has 4 rings (SSSR count). The molecule has 2 aromatic carbocycles. The number of likely N-dealkylation sites (N-methyl/N-ethyl adjacent to an activating group) is 1. The van der Waals surface area contributed by atoms with Crippen LogP contribution in [0, 0.1) is 30.5 Å². The largest absolute Gasteiger partial charge is 0.375 e. The molecule has 8 nitrogen and oxygen atoms in total. The van der Waals surface area contributed by atoms with E-state index in [2.05, 4.69) is 5.32 Å². The fourth-order valence-electron chi connectivity index (χ4n) is 5.61. The van der Waals surface area contributed by atoms with Gasteiger partial charge in [-0.25, -0.2) is 14.2 Å². The monoisotopic (exact) mass is 538 g/mol. The Morgan fingerprint density at radius 3 is 2.44 bits per heavy atom. The zero-order valence-electron chi connectivity index (χ0n) is 23.2. The van der Waals surface area contributed by atoms with E-state index in [1.54, 1.807) is 34.1 Å². The molecule has 1 N–H and O–H groups in total. The number of fused-ring (bicyclic) bond motifs is 1. The summed E-state index contributed by atoms with van der Waals surface area (Å²) in [5.41, 5.74) is 3.01. The number of Topliss-reactive ketones (excluding diaryl/α,β-unsaturated/α-hetero) is 1. The average Bonchev–Trinajstić information content (AvgIpc) is 2.92. The molecule has 2 unspecified atom stereocenters. The van der Waals surface area contributed by atoms with Crippen molar-refractivity contribution in [2.24, 2.45) is 17.8 Å². The van der Waals surface area contributed by atoms with Crippen LogP contribution in [0.4, 0.5) is 9.18 Å². The highest BCUT2D eigenvalue weighted by Gasteiger charge is 2.54. The molecule has 0 bridgehead atoms. The number of hydrogen-bond acceptors (Lipinski definition) is 5. The number of amides is 3. The number of nitrogens with one attached hydrogen (secondary N) is 1. The molecule has 4 atom stereocenters. The number of ether oxygens (including phenoxy) is 1. The molecule has 0 aromatic heterocycles. The third-order valence-electron chi connectivity index (χ3n) is 7.96. The minimum atomic E-state index is -0.565. The van der Waals surface area contributed by atoms with Gasteiger partial charge in [-0.05, 0) is 36.1 Å². The Morgan fingerprint density at radius 2 is 1.77 bits per heavy atom.